The average molecular weight is 288 g/mol. The Labute approximate surface area is 122 Å². The zero-order valence-corrected chi connectivity index (χ0v) is 12.9. The normalized spacial score (nSPS) is 13.8. The summed E-state index contributed by atoms with van der Waals surface area (Å²) in [7, 11) is -9.02. The molecule has 0 aromatic heterocycles. The largest absolute Gasteiger partial charge is 1.00 e. The Morgan fingerprint density at radius 1 is 1.12 bits per heavy atom. The molecule has 0 aliphatic carbocycles. The van der Waals surface area contributed by atoms with Gasteiger partial charge in [-0.2, -0.15) is 8.42 Å². The molecule has 9 heteroatoms. The molecule has 90 valence electrons. The molecule has 0 bridgehead atoms. The molecule has 0 aliphatic heterocycles. The molecule has 0 saturated heterocycles. The van der Waals surface area contributed by atoms with E-state index in [4.69, 9.17) is 0 Å². The second kappa shape index (κ2) is 6.28. The van der Waals surface area contributed by atoms with Gasteiger partial charge >= 0.3 is 29.6 Å². The SMILES string of the molecule is C[C@@H](OS(=O)(=O)c1ccccc1)S(=O)(=O)[O-].[Na+]. The molecule has 0 aliphatic rings. The van der Waals surface area contributed by atoms with Crippen LogP contribution in [0.2, 0.25) is 0 Å². The van der Waals surface area contributed by atoms with Gasteiger partial charge in [0.15, 0.2) is 5.44 Å². The van der Waals surface area contributed by atoms with Gasteiger partial charge in [0.2, 0.25) is 0 Å². The van der Waals surface area contributed by atoms with Crippen molar-refractivity contribution in [1.29, 1.82) is 0 Å². The number of rotatable bonds is 4. The zero-order chi connectivity index (χ0) is 12.4. The minimum Gasteiger partial charge on any atom is -0.746 e. The fraction of sp³-hybridized carbons (Fsp3) is 0.250. The van der Waals surface area contributed by atoms with Gasteiger partial charge in [0.25, 0.3) is 10.1 Å². The summed E-state index contributed by atoms with van der Waals surface area (Å²) in [5.74, 6) is 0. The molecule has 6 nitrogen and oxygen atoms in total. The monoisotopic (exact) mass is 288 g/mol. The number of benzene rings is 1. The molecule has 0 radical (unpaired) electrons. The first-order valence-electron chi connectivity index (χ1n) is 4.16. The molecule has 0 spiro atoms. The summed E-state index contributed by atoms with van der Waals surface area (Å²) in [5, 5.41) is 0. The molecular weight excluding hydrogens is 279 g/mol. The van der Waals surface area contributed by atoms with Gasteiger partial charge in [0, 0.05) is 0 Å². The van der Waals surface area contributed by atoms with Crippen molar-refractivity contribution in [3.05, 3.63) is 30.3 Å². The first-order chi connectivity index (χ1) is 7.23. The van der Waals surface area contributed by atoms with Crippen molar-refractivity contribution < 1.29 is 55.1 Å². The van der Waals surface area contributed by atoms with Crippen molar-refractivity contribution in [3.63, 3.8) is 0 Å². The van der Waals surface area contributed by atoms with Gasteiger partial charge in [0.1, 0.15) is 10.1 Å². The maximum atomic E-state index is 11.5. The molecule has 1 aromatic carbocycles. The van der Waals surface area contributed by atoms with E-state index in [9.17, 15) is 21.4 Å². The summed E-state index contributed by atoms with van der Waals surface area (Å²) in [5.41, 5.74) is -1.95. The number of hydrogen-bond acceptors (Lipinski definition) is 6. The van der Waals surface area contributed by atoms with Crippen molar-refractivity contribution in [1.82, 2.24) is 0 Å². The number of hydrogen-bond donors (Lipinski definition) is 0. The Morgan fingerprint density at radius 3 is 2.00 bits per heavy atom. The Hall–Kier alpha value is 0.0400. The van der Waals surface area contributed by atoms with Crippen LogP contribution >= 0.6 is 0 Å². The van der Waals surface area contributed by atoms with Crippen LogP contribution in [0.5, 0.6) is 0 Å². The van der Waals surface area contributed by atoms with Crippen molar-refractivity contribution >= 4 is 20.2 Å². The van der Waals surface area contributed by atoms with E-state index in [2.05, 4.69) is 4.18 Å². The molecular formula is C8H9NaO6S2. The molecule has 0 saturated carbocycles. The van der Waals surface area contributed by atoms with Gasteiger partial charge in [-0.15, -0.1) is 0 Å². The van der Waals surface area contributed by atoms with Gasteiger partial charge in [-0.25, -0.2) is 12.6 Å². The first-order valence-corrected chi connectivity index (χ1v) is 7.04. The fourth-order valence-electron chi connectivity index (χ4n) is 0.869. The maximum absolute atomic E-state index is 11.5. The molecule has 0 fully saturated rings. The predicted molar refractivity (Wildman–Crippen MR) is 53.9 cm³/mol. The third-order valence-electron chi connectivity index (χ3n) is 1.70. The Morgan fingerprint density at radius 2 is 1.59 bits per heavy atom. The zero-order valence-electron chi connectivity index (χ0n) is 9.23. The third kappa shape index (κ3) is 5.04. The smallest absolute Gasteiger partial charge is 0.746 e. The Kier molecular flexibility index (Phi) is 6.29. The minimum atomic E-state index is -4.80. The van der Waals surface area contributed by atoms with Crippen LogP contribution in [0.4, 0.5) is 0 Å². The average Bonchev–Trinajstić information content (AvgIpc) is 2.17. The van der Waals surface area contributed by atoms with Gasteiger partial charge in [-0.1, -0.05) is 18.2 Å². The van der Waals surface area contributed by atoms with E-state index < -0.39 is 25.7 Å². The van der Waals surface area contributed by atoms with Crippen LogP contribution in [0.25, 0.3) is 0 Å². The summed E-state index contributed by atoms with van der Waals surface area (Å²) < 4.78 is 58.7. The van der Waals surface area contributed by atoms with E-state index in [1.807, 2.05) is 0 Å². The van der Waals surface area contributed by atoms with Crippen molar-refractivity contribution in [3.8, 4) is 0 Å². The van der Waals surface area contributed by atoms with Crippen molar-refractivity contribution in [2.75, 3.05) is 0 Å². The molecule has 0 amide bonds. The van der Waals surface area contributed by atoms with Crippen molar-refractivity contribution in [2.24, 2.45) is 0 Å². The molecule has 1 rings (SSSR count). The summed E-state index contributed by atoms with van der Waals surface area (Å²) >= 11 is 0. The maximum Gasteiger partial charge on any atom is 1.00 e. The summed E-state index contributed by atoms with van der Waals surface area (Å²) in [6.07, 6.45) is 0. The Balaban J connectivity index is 0.00000256. The summed E-state index contributed by atoms with van der Waals surface area (Å²) in [6.45, 7) is 0.864. The molecule has 0 heterocycles. The molecule has 17 heavy (non-hydrogen) atoms. The van der Waals surface area contributed by atoms with Gasteiger partial charge in [0.05, 0.1) is 4.90 Å². The summed E-state index contributed by atoms with van der Waals surface area (Å²) in [4.78, 5) is -0.203. The standard InChI is InChI=1S/C8H10O6S2.Na/c1-7(15(9,10)11)14-16(12,13)8-5-3-2-4-6-8;/h2-7H,1H3,(H,9,10,11);/q;+1/p-1/t7-;/m0./s1. The van der Waals surface area contributed by atoms with E-state index >= 15 is 0 Å². The Bertz CT molecular complexity index is 551. The quantitative estimate of drug-likeness (QED) is 0.339. The topological polar surface area (TPSA) is 101 Å². The second-order valence-electron chi connectivity index (χ2n) is 2.92. The van der Waals surface area contributed by atoms with Crippen LogP contribution in [-0.4, -0.2) is 26.8 Å². The third-order valence-corrected chi connectivity index (χ3v) is 4.12. The first kappa shape index (κ1) is 17.0. The van der Waals surface area contributed by atoms with Gasteiger partial charge < -0.3 is 4.55 Å². The van der Waals surface area contributed by atoms with Crippen LogP contribution in [0.3, 0.4) is 0 Å². The van der Waals surface area contributed by atoms with E-state index in [0.717, 1.165) is 6.92 Å². The fourth-order valence-corrected chi connectivity index (χ4v) is 2.52. The molecule has 0 N–H and O–H groups in total. The minimum absolute atomic E-state index is 0. The van der Waals surface area contributed by atoms with E-state index in [-0.39, 0.29) is 34.5 Å². The van der Waals surface area contributed by atoms with Crippen LogP contribution in [0, 0.1) is 0 Å². The van der Waals surface area contributed by atoms with Gasteiger partial charge in [-0.05, 0) is 19.1 Å². The van der Waals surface area contributed by atoms with Crippen molar-refractivity contribution in [2.45, 2.75) is 17.3 Å². The molecule has 1 aromatic rings. The second-order valence-corrected chi connectivity index (χ2v) is 6.15. The molecule has 1 atom stereocenters. The van der Waals surface area contributed by atoms with E-state index in [1.165, 1.54) is 24.3 Å². The van der Waals surface area contributed by atoms with E-state index in [1.54, 1.807) is 6.07 Å². The van der Waals surface area contributed by atoms with Crippen LogP contribution in [0.15, 0.2) is 35.2 Å². The molecule has 0 unspecified atom stereocenters. The summed E-state index contributed by atoms with van der Waals surface area (Å²) in [6, 6.07) is 6.96. The van der Waals surface area contributed by atoms with Gasteiger partial charge in [-0.3, -0.25) is 0 Å². The van der Waals surface area contributed by atoms with E-state index in [0.29, 0.717) is 0 Å². The van der Waals surface area contributed by atoms with Crippen LogP contribution in [0.1, 0.15) is 6.92 Å². The van der Waals surface area contributed by atoms with Crippen LogP contribution < -0.4 is 29.6 Å². The van der Waals surface area contributed by atoms with Crippen LogP contribution in [-0.2, 0) is 24.4 Å². The predicted octanol–water partition coefficient (Wildman–Crippen LogP) is -2.71.